The SMILES string of the molecule is CCCCCCCN(C)C(N)=NN=Cc1c[nH]c2ccc(OCc3ccccc3)cc12. The second-order valence-corrected chi connectivity index (χ2v) is 7.76. The summed E-state index contributed by atoms with van der Waals surface area (Å²) in [6.07, 6.45) is 9.80. The van der Waals surface area contributed by atoms with Gasteiger partial charge in [-0.3, -0.25) is 0 Å². The summed E-state index contributed by atoms with van der Waals surface area (Å²) >= 11 is 0. The number of benzene rings is 2. The summed E-state index contributed by atoms with van der Waals surface area (Å²) < 4.78 is 5.95. The Morgan fingerprint density at radius 3 is 2.71 bits per heavy atom. The van der Waals surface area contributed by atoms with Gasteiger partial charge in [-0.25, -0.2) is 0 Å². The van der Waals surface area contributed by atoms with Crippen molar-refractivity contribution in [1.29, 1.82) is 0 Å². The summed E-state index contributed by atoms with van der Waals surface area (Å²) in [6, 6.07) is 16.1. The van der Waals surface area contributed by atoms with Crippen LogP contribution in [0.4, 0.5) is 0 Å². The lowest BCUT2D eigenvalue weighted by atomic mass is 10.1. The number of rotatable bonds is 11. The summed E-state index contributed by atoms with van der Waals surface area (Å²) in [5.74, 6) is 1.25. The maximum absolute atomic E-state index is 6.06. The van der Waals surface area contributed by atoms with Crippen molar-refractivity contribution in [2.45, 2.75) is 45.6 Å². The van der Waals surface area contributed by atoms with E-state index in [0.717, 1.165) is 40.7 Å². The van der Waals surface area contributed by atoms with E-state index in [4.69, 9.17) is 10.5 Å². The molecule has 164 valence electrons. The monoisotopic (exact) mass is 419 g/mol. The smallest absolute Gasteiger partial charge is 0.216 e. The van der Waals surface area contributed by atoms with Gasteiger partial charge in [0, 0.05) is 36.3 Å². The third-order valence-corrected chi connectivity index (χ3v) is 5.28. The predicted octanol–water partition coefficient (Wildman–Crippen LogP) is 5.30. The lowest BCUT2D eigenvalue weighted by molar-refractivity contribution is 0.306. The van der Waals surface area contributed by atoms with Gasteiger partial charge in [-0.2, -0.15) is 5.10 Å². The molecular formula is C25H33N5O. The maximum atomic E-state index is 6.06. The highest BCUT2D eigenvalue weighted by Crippen LogP contribution is 2.23. The Morgan fingerprint density at radius 2 is 1.90 bits per heavy atom. The lowest BCUT2D eigenvalue weighted by Crippen LogP contribution is -2.34. The number of ether oxygens (including phenoxy) is 1. The number of fused-ring (bicyclic) bond motifs is 1. The number of nitrogens with zero attached hydrogens (tertiary/aromatic N) is 3. The summed E-state index contributed by atoms with van der Waals surface area (Å²) in [5, 5.41) is 9.40. The minimum atomic E-state index is 0.429. The van der Waals surface area contributed by atoms with Crippen LogP contribution in [0.25, 0.3) is 10.9 Å². The van der Waals surface area contributed by atoms with Crippen molar-refractivity contribution in [2.75, 3.05) is 13.6 Å². The Bertz CT molecular complexity index is 994. The van der Waals surface area contributed by atoms with E-state index in [1.165, 1.54) is 25.7 Å². The zero-order valence-corrected chi connectivity index (χ0v) is 18.6. The van der Waals surface area contributed by atoms with Crippen molar-refractivity contribution < 1.29 is 4.74 Å². The average molecular weight is 420 g/mol. The van der Waals surface area contributed by atoms with Crippen LogP contribution in [0.1, 0.15) is 50.2 Å². The summed E-state index contributed by atoms with van der Waals surface area (Å²) in [5.41, 5.74) is 9.17. The van der Waals surface area contributed by atoms with Crippen LogP contribution in [-0.2, 0) is 6.61 Å². The number of guanidine groups is 1. The van der Waals surface area contributed by atoms with Crippen LogP contribution < -0.4 is 10.5 Å². The quantitative estimate of drug-likeness (QED) is 0.192. The molecule has 0 aliphatic carbocycles. The number of aromatic nitrogens is 1. The van der Waals surface area contributed by atoms with Gasteiger partial charge in [0.2, 0.25) is 5.96 Å². The second kappa shape index (κ2) is 11.8. The molecule has 0 saturated carbocycles. The molecule has 0 spiro atoms. The van der Waals surface area contributed by atoms with Gasteiger partial charge in [-0.15, -0.1) is 5.10 Å². The van der Waals surface area contributed by atoms with Crippen molar-refractivity contribution in [3.05, 3.63) is 65.9 Å². The van der Waals surface area contributed by atoms with Gasteiger partial charge in [-0.1, -0.05) is 62.9 Å². The fourth-order valence-electron chi connectivity index (χ4n) is 3.35. The van der Waals surface area contributed by atoms with E-state index >= 15 is 0 Å². The van der Waals surface area contributed by atoms with Gasteiger partial charge >= 0.3 is 0 Å². The first-order valence-corrected chi connectivity index (χ1v) is 11.0. The highest BCUT2D eigenvalue weighted by atomic mass is 16.5. The molecule has 6 heteroatoms. The molecule has 1 aromatic heterocycles. The molecular weight excluding hydrogens is 386 g/mol. The molecule has 0 radical (unpaired) electrons. The fourth-order valence-corrected chi connectivity index (χ4v) is 3.35. The Hall–Kier alpha value is -3.28. The highest BCUT2D eigenvalue weighted by molar-refractivity contribution is 5.99. The van der Waals surface area contributed by atoms with Gasteiger partial charge in [0.25, 0.3) is 0 Å². The number of H-pyrrole nitrogens is 1. The molecule has 0 aliphatic rings. The van der Waals surface area contributed by atoms with Gasteiger partial charge in [0.05, 0.1) is 6.21 Å². The summed E-state index contributed by atoms with van der Waals surface area (Å²) in [4.78, 5) is 5.21. The van der Waals surface area contributed by atoms with Crippen molar-refractivity contribution in [3.63, 3.8) is 0 Å². The molecule has 0 amide bonds. The molecule has 1 heterocycles. The van der Waals surface area contributed by atoms with E-state index in [2.05, 4.69) is 34.2 Å². The first-order chi connectivity index (χ1) is 15.2. The standard InChI is InChI=1S/C25H33N5O/c1-3-4-5-6-10-15-30(2)25(26)29-28-18-21-17-27-24-14-13-22(16-23(21)24)31-19-20-11-8-7-9-12-20/h7-9,11-14,16-18,27H,3-6,10,15,19H2,1-2H3,(H2,26,29). The first-order valence-electron chi connectivity index (χ1n) is 11.0. The van der Waals surface area contributed by atoms with E-state index in [-0.39, 0.29) is 0 Å². The molecule has 3 rings (SSSR count). The van der Waals surface area contributed by atoms with Crippen molar-refractivity contribution in [2.24, 2.45) is 15.9 Å². The van der Waals surface area contributed by atoms with Crippen molar-refractivity contribution >= 4 is 23.1 Å². The molecule has 0 fully saturated rings. The molecule has 0 bridgehead atoms. The number of nitrogens with one attached hydrogen (secondary N) is 1. The van der Waals surface area contributed by atoms with Crippen LogP contribution in [0, 0.1) is 0 Å². The van der Waals surface area contributed by atoms with Gasteiger partial charge in [0.15, 0.2) is 0 Å². The zero-order chi connectivity index (χ0) is 21.9. The minimum absolute atomic E-state index is 0.429. The third-order valence-electron chi connectivity index (χ3n) is 5.28. The van der Waals surface area contributed by atoms with Crippen LogP contribution in [0.15, 0.2) is 64.9 Å². The zero-order valence-electron chi connectivity index (χ0n) is 18.6. The Balaban J connectivity index is 1.58. The van der Waals surface area contributed by atoms with Gasteiger partial charge in [0.1, 0.15) is 12.4 Å². The Kier molecular flexibility index (Phi) is 8.52. The van der Waals surface area contributed by atoms with Crippen LogP contribution in [0.2, 0.25) is 0 Å². The van der Waals surface area contributed by atoms with Crippen LogP contribution >= 0.6 is 0 Å². The molecule has 31 heavy (non-hydrogen) atoms. The van der Waals surface area contributed by atoms with Crippen LogP contribution in [-0.4, -0.2) is 35.7 Å². The molecule has 0 aliphatic heterocycles. The van der Waals surface area contributed by atoms with Crippen LogP contribution in [0.3, 0.4) is 0 Å². The molecule has 6 nitrogen and oxygen atoms in total. The topological polar surface area (TPSA) is 79.0 Å². The molecule has 2 aromatic carbocycles. The molecule has 3 N–H and O–H groups in total. The van der Waals surface area contributed by atoms with Gasteiger partial charge in [-0.05, 0) is 30.2 Å². The van der Waals surface area contributed by atoms with E-state index in [9.17, 15) is 0 Å². The van der Waals surface area contributed by atoms with E-state index in [0.29, 0.717) is 12.6 Å². The minimum Gasteiger partial charge on any atom is -0.489 e. The Labute approximate surface area is 184 Å². The fraction of sp³-hybridized carbons (Fsp3) is 0.360. The van der Waals surface area contributed by atoms with E-state index in [1.54, 1.807) is 6.21 Å². The largest absolute Gasteiger partial charge is 0.489 e. The average Bonchev–Trinajstić information content (AvgIpc) is 3.20. The van der Waals surface area contributed by atoms with Crippen LogP contribution in [0.5, 0.6) is 5.75 Å². The molecule has 0 atom stereocenters. The normalized spacial score (nSPS) is 12.0. The number of hydrogen-bond acceptors (Lipinski definition) is 3. The lowest BCUT2D eigenvalue weighted by Gasteiger charge is -2.16. The first kappa shape index (κ1) is 22.4. The third kappa shape index (κ3) is 6.88. The van der Waals surface area contributed by atoms with Crippen molar-refractivity contribution in [3.8, 4) is 5.75 Å². The Morgan fingerprint density at radius 1 is 1.10 bits per heavy atom. The van der Waals surface area contributed by atoms with Gasteiger partial charge < -0.3 is 20.4 Å². The molecule has 0 saturated heterocycles. The van der Waals surface area contributed by atoms with Crippen molar-refractivity contribution in [1.82, 2.24) is 9.88 Å². The summed E-state index contributed by atoms with van der Waals surface area (Å²) in [6.45, 7) is 3.65. The molecule has 3 aromatic rings. The van der Waals surface area contributed by atoms with E-state index < -0.39 is 0 Å². The maximum Gasteiger partial charge on any atom is 0.216 e. The number of aromatic amines is 1. The van der Waals surface area contributed by atoms with E-state index in [1.807, 2.05) is 54.5 Å². The number of nitrogens with two attached hydrogens (primary N) is 1. The number of hydrogen-bond donors (Lipinski definition) is 2. The highest BCUT2D eigenvalue weighted by Gasteiger charge is 2.05. The molecule has 0 unspecified atom stereocenters. The predicted molar refractivity (Wildman–Crippen MR) is 130 cm³/mol. The second-order valence-electron chi connectivity index (χ2n) is 7.76. The summed E-state index contributed by atoms with van der Waals surface area (Å²) in [7, 11) is 1.95. The number of unbranched alkanes of at least 4 members (excludes halogenated alkanes) is 4.